The minimum Gasteiger partial charge on any atom is -0.321 e. The number of halogens is 3. The van der Waals surface area contributed by atoms with E-state index in [-0.39, 0.29) is 17.7 Å². The molecule has 5 heteroatoms. The first kappa shape index (κ1) is 14.0. The van der Waals surface area contributed by atoms with Crippen LogP contribution in [0.5, 0.6) is 0 Å². The van der Waals surface area contributed by atoms with E-state index in [1.807, 2.05) is 18.2 Å². The number of para-hydroxylation sites is 1. The predicted octanol–water partition coefficient (Wildman–Crippen LogP) is 4.36. The second kappa shape index (κ2) is 5.45. The third-order valence-electron chi connectivity index (χ3n) is 3.64. The molecule has 2 nitrogen and oxygen atoms in total. The Labute approximate surface area is 125 Å². The smallest absolute Gasteiger partial charge is 0.228 e. The van der Waals surface area contributed by atoms with E-state index in [2.05, 4.69) is 5.32 Å². The largest absolute Gasteiger partial charge is 0.321 e. The Morgan fingerprint density at radius 1 is 1.10 bits per heavy atom. The topological polar surface area (TPSA) is 29.1 Å². The van der Waals surface area contributed by atoms with E-state index in [1.165, 1.54) is 6.07 Å². The number of amides is 1. The molecular weight excluding hydrogens is 296 g/mol. The Balaban J connectivity index is 1.73. The normalized spacial score (nSPS) is 20.1. The Hall–Kier alpha value is -1.94. The van der Waals surface area contributed by atoms with Crippen molar-refractivity contribution in [3.63, 3.8) is 0 Å². The molecule has 0 bridgehead atoms. The molecule has 0 heterocycles. The molecule has 0 saturated heterocycles. The van der Waals surface area contributed by atoms with E-state index in [0.29, 0.717) is 11.4 Å². The number of hydrogen-bond acceptors (Lipinski definition) is 1. The summed E-state index contributed by atoms with van der Waals surface area (Å²) >= 11 is 6.09. The number of rotatable bonds is 3. The Morgan fingerprint density at radius 2 is 1.76 bits per heavy atom. The molecule has 1 aliphatic carbocycles. The van der Waals surface area contributed by atoms with Crippen molar-refractivity contribution >= 4 is 23.2 Å². The highest BCUT2D eigenvalue weighted by molar-refractivity contribution is 6.31. The van der Waals surface area contributed by atoms with Gasteiger partial charge in [0, 0.05) is 10.9 Å². The Bertz CT molecular complexity index is 684. The summed E-state index contributed by atoms with van der Waals surface area (Å²) in [5.74, 6) is -2.24. The van der Waals surface area contributed by atoms with Gasteiger partial charge < -0.3 is 5.32 Å². The van der Waals surface area contributed by atoms with Crippen LogP contribution in [0.1, 0.15) is 17.9 Å². The van der Waals surface area contributed by atoms with Crippen molar-refractivity contribution in [1.29, 1.82) is 0 Å². The molecular formula is C16H12ClF2NO. The van der Waals surface area contributed by atoms with E-state index in [4.69, 9.17) is 11.6 Å². The molecule has 1 amide bonds. The third-order valence-corrected chi connectivity index (χ3v) is 3.99. The van der Waals surface area contributed by atoms with Gasteiger partial charge in [0.15, 0.2) is 0 Å². The van der Waals surface area contributed by atoms with Crippen molar-refractivity contribution in [3.8, 4) is 0 Å². The first-order chi connectivity index (χ1) is 10.1. The molecule has 1 fully saturated rings. The van der Waals surface area contributed by atoms with Crippen molar-refractivity contribution in [2.75, 3.05) is 5.32 Å². The van der Waals surface area contributed by atoms with Crippen molar-refractivity contribution < 1.29 is 13.6 Å². The molecule has 0 radical (unpaired) electrons. The van der Waals surface area contributed by atoms with Crippen LogP contribution in [0.4, 0.5) is 14.5 Å². The van der Waals surface area contributed by atoms with Crippen molar-refractivity contribution in [2.24, 2.45) is 5.92 Å². The van der Waals surface area contributed by atoms with Gasteiger partial charge in [-0.3, -0.25) is 4.79 Å². The summed E-state index contributed by atoms with van der Waals surface area (Å²) in [7, 11) is 0. The van der Waals surface area contributed by atoms with Gasteiger partial charge in [0.05, 0.1) is 0 Å². The molecule has 0 aromatic heterocycles. The Kier molecular flexibility index (Phi) is 3.64. The summed E-state index contributed by atoms with van der Waals surface area (Å²) in [4.78, 5) is 12.1. The fourth-order valence-corrected chi connectivity index (χ4v) is 2.71. The molecule has 1 N–H and O–H groups in total. The van der Waals surface area contributed by atoms with Crippen LogP contribution in [-0.4, -0.2) is 5.91 Å². The van der Waals surface area contributed by atoms with E-state index in [9.17, 15) is 13.6 Å². The molecule has 0 spiro atoms. The summed E-state index contributed by atoms with van der Waals surface area (Å²) in [5.41, 5.74) is 0.501. The maximum atomic E-state index is 13.5. The maximum Gasteiger partial charge on any atom is 0.228 e. The van der Waals surface area contributed by atoms with Crippen LogP contribution in [0.3, 0.4) is 0 Å². The summed E-state index contributed by atoms with van der Waals surface area (Å²) in [6.07, 6.45) is 0.631. The van der Waals surface area contributed by atoms with E-state index >= 15 is 0 Å². The minimum atomic E-state index is -0.779. The molecule has 2 atom stereocenters. The van der Waals surface area contributed by atoms with Crippen LogP contribution in [0.15, 0.2) is 42.5 Å². The molecule has 3 rings (SSSR count). The molecule has 2 aromatic carbocycles. The van der Waals surface area contributed by atoms with Crippen LogP contribution in [0.25, 0.3) is 0 Å². The molecule has 2 aromatic rings. The van der Waals surface area contributed by atoms with Gasteiger partial charge in [-0.15, -0.1) is 0 Å². The van der Waals surface area contributed by atoms with Crippen LogP contribution < -0.4 is 5.32 Å². The fourth-order valence-electron chi connectivity index (χ4n) is 2.44. The lowest BCUT2D eigenvalue weighted by Gasteiger charge is -2.07. The number of hydrogen-bond donors (Lipinski definition) is 1. The van der Waals surface area contributed by atoms with Gasteiger partial charge in [-0.25, -0.2) is 8.78 Å². The first-order valence-electron chi connectivity index (χ1n) is 6.57. The van der Waals surface area contributed by atoms with Gasteiger partial charge in [0.25, 0.3) is 0 Å². The molecule has 0 aliphatic heterocycles. The molecule has 21 heavy (non-hydrogen) atoms. The van der Waals surface area contributed by atoms with Crippen molar-refractivity contribution in [2.45, 2.75) is 12.3 Å². The van der Waals surface area contributed by atoms with Crippen LogP contribution in [0.2, 0.25) is 5.02 Å². The van der Waals surface area contributed by atoms with Crippen LogP contribution >= 0.6 is 11.6 Å². The zero-order chi connectivity index (χ0) is 15.0. The van der Waals surface area contributed by atoms with Gasteiger partial charge >= 0.3 is 0 Å². The van der Waals surface area contributed by atoms with Gasteiger partial charge in [0.1, 0.15) is 17.3 Å². The van der Waals surface area contributed by atoms with Gasteiger partial charge in [-0.2, -0.15) is 0 Å². The summed E-state index contributed by atoms with van der Waals surface area (Å²) in [5, 5.41) is 2.93. The lowest BCUT2D eigenvalue weighted by molar-refractivity contribution is -0.117. The highest BCUT2D eigenvalue weighted by Gasteiger charge is 2.45. The number of anilines is 1. The highest BCUT2D eigenvalue weighted by Crippen LogP contribution is 2.50. The molecule has 2 unspecified atom stereocenters. The zero-order valence-corrected chi connectivity index (χ0v) is 11.7. The maximum absolute atomic E-state index is 13.5. The first-order valence-corrected chi connectivity index (χ1v) is 6.95. The van der Waals surface area contributed by atoms with Gasteiger partial charge in [0.2, 0.25) is 5.91 Å². The van der Waals surface area contributed by atoms with Gasteiger partial charge in [-0.05, 0) is 36.1 Å². The Morgan fingerprint density at radius 3 is 2.43 bits per heavy atom. The average molecular weight is 308 g/mol. The second-order valence-electron chi connectivity index (χ2n) is 5.06. The van der Waals surface area contributed by atoms with Crippen molar-refractivity contribution in [3.05, 3.63) is 64.7 Å². The summed E-state index contributed by atoms with van der Waals surface area (Å²) < 4.78 is 27.0. The molecule has 1 aliphatic rings. The highest BCUT2D eigenvalue weighted by atomic mass is 35.5. The third kappa shape index (κ3) is 2.76. The van der Waals surface area contributed by atoms with Crippen LogP contribution in [-0.2, 0) is 4.79 Å². The average Bonchev–Trinajstić information content (AvgIpc) is 3.24. The molecule has 108 valence electrons. The van der Waals surface area contributed by atoms with E-state index in [1.54, 1.807) is 6.07 Å². The van der Waals surface area contributed by atoms with Crippen LogP contribution in [0, 0.1) is 17.6 Å². The number of benzene rings is 2. The second-order valence-corrected chi connectivity index (χ2v) is 5.46. The lowest BCUT2D eigenvalue weighted by atomic mass is 10.1. The number of carbonyl (C=O) groups excluding carboxylic acids is 1. The fraction of sp³-hybridized carbons (Fsp3) is 0.188. The monoisotopic (exact) mass is 307 g/mol. The van der Waals surface area contributed by atoms with Gasteiger partial charge in [-0.1, -0.05) is 35.9 Å². The molecule has 1 saturated carbocycles. The summed E-state index contributed by atoms with van der Waals surface area (Å²) in [6.45, 7) is 0. The number of nitrogens with one attached hydrogen (secondary N) is 1. The quantitative estimate of drug-likeness (QED) is 0.897. The standard InChI is InChI=1S/C16H12ClF2NO/c17-12-5-2-1-4-9(12)10-8-11(10)16(21)20-15-13(18)6-3-7-14(15)19/h1-7,10-11H,8H2,(H,20,21). The van der Waals surface area contributed by atoms with E-state index in [0.717, 1.165) is 17.7 Å². The van der Waals surface area contributed by atoms with Crippen molar-refractivity contribution in [1.82, 2.24) is 0 Å². The number of carbonyl (C=O) groups is 1. The minimum absolute atomic E-state index is 0.00790. The SMILES string of the molecule is O=C(Nc1c(F)cccc1F)C1CC1c1ccccc1Cl. The predicted molar refractivity (Wildman–Crippen MR) is 77.3 cm³/mol. The summed E-state index contributed by atoms with van der Waals surface area (Å²) in [6, 6.07) is 10.8. The lowest BCUT2D eigenvalue weighted by Crippen LogP contribution is -2.16. The zero-order valence-electron chi connectivity index (χ0n) is 10.9. The van der Waals surface area contributed by atoms with E-state index < -0.39 is 17.3 Å².